The van der Waals surface area contributed by atoms with E-state index in [2.05, 4.69) is 56.4 Å². The van der Waals surface area contributed by atoms with Crippen LogP contribution in [0.4, 0.5) is 5.82 Å². The van der Waals surface area contributed by atoms with Crippen LogP contribution < -0.4 is 4.90 Å². The molecule has 2 rings (SSSR count). The van der Waals surface area contributed by atoms with Crippen molar-refractivity contribution < 1.29 is 0 Å². The van der Waals surface area contributed by atoms with Crippen LogP contribution in [-0.4, -0.2) is 12.0 Å². The molecule has 0 bridgehead atoms. The first-order valence-electron chi connectivity index (χ1n) is 5.02. The summed E-state index contributed by atoms with van der Waals surface area (Å²) in [7, 11) is 2.06. The first-order chi connectivity index (χ1) is 7.66. The molecule has 0 aromatic carbocycles. The van der Waals surface area contributed by atoms with Crippen molar-refractivity contribution in [3.05, 3.63) is 44.7 Å². The molecule has 4 heteroatoms. The van der Waals surface area contributed by atoms with Crippen LogP contribution in [0.1, 0.15) is 10.4 Å². The van der Waals surface area contributed by atoms with E-state index in [1.165, 1.54) is 10.4 Å². The highest BCUT2D eigenvalue weighted by atomic mass is 79.9. The predicted molar refractivity (Wildman–Crippen MR) is 73.1 cm³/mol. The molecule has 2 heterocycles. The first kappa shape index (κ1) is 11.6. The summed E-state index contributed by atoms with van der Waals surface area (Å²) in [5.74, 6) is 0.985. The van der Waals surface area contributed by atoms with Gasteiger partial charge in [-0.05, 0) is 45.9 Å². The van der Waals surface area contributed by atoms with Gasteiger partial charge in [0.2, 0.25) is 0 Å². The third kappa shape index (κ3) is 2.62. The number of anilines is 1. The van der Waals surface area contributed by atoms with Crippen LogP contribution in [0.2, 0.25) is 0 Å². The van der Waals surface area contributed by atoms with Gasteiger partial charge in [0, 0.05) is 18.1 Å². The summed E-state index contributed by atoms with van der Waals surface area (Å²) in [4.78, 5) is 7.93. The van der Waals surface area contributed by atoms with Crippen molar-refractivity contribution in [2.45, 2.75) is 13.5 Å². The Balaban J connectivity index is 2.17. The fraction of sp³-hybridized carbons (Fsp3) is 0.250. The molecule has 0 aliphatic carbocycles. The summed E-state index contributed by atoms with van der Waals surface area (Å²) in [5.41, 5.74) is 1.17. The number of hydrogen-bond acceptors (Lipinski definition) is 3. The van der Waals surface area contributed by atoms with Crippen LogP contribution in [0.15, 0.2) is 34.2 Å². The fourth-order valence-corrected chi connectivity index (χ4v) is 3.04. The molecule has 0 fully saturated rings. The van der Waals surface area contributed by atoms with Crippen molar-refractivity contribution in [2.75, 3.05) is 11.9 Å². The number of halogens is 1. The van der Waals surface area contributed by atoms with Gasteiger partial charge in [0.25, 0.3) is 0 Å². The normalized spacial score (nSPS) is 10.4. The largest absolute Gasteiger partial charge is 0.354 e. The molecule has 0 amide bonds. The van der Waals surface area contributed by atoms with Crippen LogP contribution >= 0.6 is 27.3 Å². The van der Waals surface area contributed by atoms with Gasteiger partial charge in [-0.25, -0.2) is 4.98 Å². The minimum Gasteiger partial charge on any atom is -0.354 e. The van der Waals surface area contributed by atoms with E-state index in [1.54, 1.807) is 11.3 Å². The molecule has 0 N–H and O–H groups in total. The lowest BCUT2D eigenvalue weighted by atomic mass is 10.3. The quantitative estimate of drug-likeness (QED) is 0.855. The lowest BCUT2D eigenvalue weighted by Gasteiger charge is -2.18. The molecule has 0 saturated heterocycles. The van der Waals surface area contributed by atoms with E-state index in [1.807, 2.05) is 13.1 Å². The smallest absolute Gasteiger partial charge is 0.142 e. The Labute approximate surface area is 108 Å². The van der Waals surface area contributed by atoms with Crippen molar-refractivity contribution in [1.29, 1.82) is 0 Å². The second-order valence-electron chi connectivity index (χ2n) is 3.75. The monoisotopic (exact) mass is 296 g/mol. The highest BCUT2D eigenvalue weighted by molar-refractivity contribution is 9.10. The standard InChI is InChI=1S/C12H13BrN2S/c1-9-6-11(13)12(14-7-9)15(2)8-10-4-3-5-16-10/h3-7H,8H2,1-2H3. The van der Waals surface area contributed by atoms with E-state index in [0.717, 1.165) is 16.8 Å². The third-order valence-corrected chi connectivity index (χ3v) is 3.74. The van der Waals surface area contributed by atoms with E-state index >= 15 is 0 Å². The number of pyridine rings is 1. The van der Waals surface area contributed by atoms with Crippen molar-refractivity contribution in [2.24, 2.45) is 0 Å². The van der Waals surface area contributed by atoms with E-state index in [0.29, 0.717) is 0 Å². The second kappa shape index (κ2) is 4.97. The van der Waals surface area contributed by atoms with Crippen LogP contribution in [0.5, 0.6) is 0 Å². The molecular formula is C12H13BrN2S. The van der Waals surface area contributed by atoms with E-state index in [-0.39, 0.29) is 0 Å². The van der Waals surface area contributed by atoms with Gasteiger partial charge in [-0.15, -0.1) is 11.3 Å². The van der Waals surface area contributed by atoms with Crippen LogP contribution in [0.3, 0.4) is 0 Å². The second-order valence-corrected chi connectivity index (χ2v) is 5.64. The Hall–Kier alpha value is -0.870. The van der Waals surface area contributed by atoms with Crippen molar-refractivity contribution in [1.82, 2.24) is 4.98 Å². The number of thiophene rings is 1. The SMILES string of the molecule is Cc1cnc(N(C)Cc2cccs2)c(Br)c1. The average molecular weight is 297 g/mol. The summed E-state index contributed by atoms with van der Waals surface area (Å²) >= 11 is 5.32. The Morgan fingerprint density at radius 2 is 2.31 bits per heavy atom. The molecule has 2 nitrogen and oxygen atoms in total. The van der Waals surface area contributed by atoms with E-state index in [4.69, 9.17) is 0 Å². The molecule has 2 aromatic rings. The van der Waals surface area contributed by atoms with Gasteiger partial charge in [0.1, 0.15) is 5.82 Å². The van der Waals surface area contributed by atoms with Crippen molar-refractivity contribution >= 4 is 33.1 Å². The summed E-state index contributed by atoms with van der Waals surface area (Å²) in [5, 5.41) is 2.10. The van der Waals surface area contributed by atoms with Crippen molar-refractivity contribution in [3.8, 4) is 0 Å². The van der Waals surface area contributed by atoms with E-state index < -0.39 is 0 Å². The van der Waals surface area contributed by atoms with Gasteiger partial charge in [0.05, 0.1) is 11.0 Å². The van der Waals surface area contributed by atoms with Gasteiger partial charge >= 0.3 is 0 Å². The summed E-state index contributed by atoms with van der Waals surface area (Å²) < 4.78 is 1.05. The lowest BCUT2D eigenvalue weighted by Crippen LogP contribution is -2.17. The Kier molecular flexibility index (Phi) is 3.61. The number of aromatic nitrogens is 1. The minimum atomic E-state index is 0.895. The zero-order chi connectivity index (χ0) is 11.5. The van der Waals surface area contributed by atoms with E-state index in [9.17, 15) is 0 Å². The van der Waals surface area contributed by atoms with Gasteiger partial charge < -0.3 is 4.90 Å². The predicted octanol–water partition coefficient (Wildman–Crippen LogP) is 3.85. The maximum Gasteiger partial charge on any atom is 0.142 e. The van der Waals surface area contributed by atoms with Gasteiger partial charge in [0.15, 0.2) is 0 Å². The van der Waals surface area contributed by atoms with Crippen LogP contribution in [0, 0.1) is 6.92 Å². The third-order valence-electron chi connectivity index (χ3n) is 2.29. The maximum absolute atomic E-state index is 4.44. The molecule has 0 spiro atoms. The molecule has 0 atom stereocenters. The zero-order valence-electron chi connectivity index (χ0n) is 9.27. The number of nitrogens with zero attached hydrogens (tertiary/aromatic N) is 2. The summed E-state index contributed by atoms with van der Waals surface area (Å²) in [6.45, 7) is 2.94. The summed E-state index contributed by atoms with van der Waals surface area (Å²) in [6, 6.07) is 6.31. The number of hydrogen-bond donors (Lipinski definition) is 0. The highest BCUT2D eigenvalue weighted by Gasteiger charge is 2.08. The molecule has 0 saturated carbocycles. The maximum atomic E-state index is 4.44. The van der Waals surface area contributed by atoms with Crippen LogP contribution in [0.25, 0.3) is 0 Å². The fourth-order valence-electron chi connectivity index (χ4n) is 1.52. The van der Waals surface area contributed by atoms with Crippen molar-refractivity contribution in [3.63, 3.8) is 0 Å². The lowest BCUT2D eigenvalue weighted by molar-refractivity contribution is 0.906. The molecule has 2 aromatic heterocycles. The molecule has 16 heavy (non-hydrogen) atoms. The molecule has 0 radical (unpaired) electrons. The Bertz CT molecular complexity index is 468. The zero-order valence-corrected chi connectivity index (χ0v) is 11.7. The minimum absolute atomic E-state index is 0.895. The number of rotatable bonds is 3. The van der Waals surface area contributed by atoms with Gasteiger partial charge in [-0.3, -0.25) is 0 Å². The molecule has 84 valence electrons. The van der Waals surface area contributed by atoms with Crippen LogP contribution in [-0.2, 0) is 6.54 Å². The Morgan fingerprint density at radius 1 is 1.50 bits per heavy atom. The van der Waals surface area contributed by atoms with Gasteiger partial charge in [-0.2, -0.15) is 0 Å². The summed E-state index contributed by atoms with van der Waals surface area (Å²) in [6.07, 6.45) is 1.89. The topological polar surface area (TPSA) is 16.1 Å². The van der Waals surface area contributed by atoms with Gasteiger partial charge in [-0.1, -0.05) is 6.07 Å². The molecular weight excluding hydrogens is 284 g/mol. The molecule has 0 aliphatic rings. The molecule has 0 unspecified atom stereocenters. The average Bonchev–Trinajstić information content (AvgIpc) is 2.70. The highest BCUT2D eigenvalue weighted by Crippen LogP contribution is 2.25. The Morgan fingerprint density at radius 3 is 2.94 bits per heavy atom. The molecule has 0 aliphatic heterocycles. The first-order valence-corrected chi connectivity index (χ1v) is 6.70. The number of aryl methyl sites for hydroxylation is 1.